The Labute approximate surface area is 156 Å². The molecule has 0 spiro atoms. The lowest BCUT2D eigenvalue weighted by Crippen LogP contribution is -2.55. The summed E-state index contributed by atoms with van der Waals surface area (Å²) in [4.78, 5) is 0. The third-order valence-electron chi connectivity index (χ3n) is 10.3. The average molecular weight is 347 g/mol. The van der Waals surface area contributed by atoms with Crippen LogP contribution in [0.15, 0.2) is 0 Å². The van der Waals surface area contributed by atoms with E-state index in [9.17, 15) is 0 Å². The second-order valence-corrected chi connectivity index (χ2v) is 10.9. The van der Waals surface area contributed by atoms with Gasteiger partial charge in [-0.05, 0) is 104 Å². The van der Waals surface area contributed by atoms with Crippen LogP contribution in [0, 0.1) is 46.3 Å². The van der Waals surface area contributed by atoms with E-state index in [1.54, 1.807) is 0 Å². The van der Waals surface area contributed by atoms with Gasteiger partial charge in [0.05, 0.1) is 0 Å². The lowest BCUT2D eigenvalue weighted by molar-refractivity contribution is -0.117. The third kappa shape index (κ3) is 2.64. The van der Waals surface area contributed by atoms with Gasteiger partial charge in [0.2, 0.25) is 0 Å². The number of rotatable bonds is 3. The quantitative estimate of drug-likeness (QED) is 0.521. The number of fused-ring (bicyclic) bond motifs is 5. The van der Waals surface area contributed by atoms with E-state index in [-0.39, 0.29) is 0 Å². The molecule has 0 aromatic rings. The van der Waals surface area contributed by atoms with E-state index < -0.39 is 0 Å². The van der Waals surface area contributed by atoms with Crippen LogP contribution in [-0.2, 0) is 0 Å². The molecule has 0 bridgehead atoms. The normalized spacial score (nSPS) is 53.6. The van der Waals surface area contributed by atoms with E-state index in [0.717, 1.165) is 35.5 Å². The summed E-state index contributed by atoms with van der Waals surface area (Å²) >= 11 is 0. The van der Waals surface area contributed by atoms with E-state index in [4.69, 9.17) is 5.84 Å². The largest absolute Gasteiger partial charge is 0.271 e. The highest BCUT2D eigenvalue weighted by Crippen LogP contribution is 2.68. The molecule has 4 saturated carbocycles. The molecule has 0 aromatic carbocycles. The molecule has 2 heteroatoms. The maximum atomic E-state index is 5.79. The molecule has 0 heterocycles. The SMILES string of the molecule is CC[C@H](C)C1CCC2C3CCC4CC(NN)CCC4(C)C3CC[C@@]21C. The van der Waals surface area contributed by atoms with Gasteiger partial charge >= 0.3 is 0 Å². The zero-order valence-electron chi connectivity index (χ0n) is 17.2. The van der Waals surface area contributed by atoms with Gasteiger partial charge in [-0.25, -0.2) is 0 Å². The molecule has 4 fully saturated rings. The predicted octanol–water partition coefficient (Wildman–Crippen LogP) is 5.52. The van der Waals surface area contributed by atoms with Crippen molar-refractivity contribution in [2.75, 3.05) is 0 Å². The first-order valence-corrected chi connectivity index (χ1v) is 11.4. The highest BCUT2D eigenvalue weighted by molar-refractivity contribution is 5.09. The molecule has 2 nitrogen and oxygen atoms in total. The molecule has 0 amide bonds. The molecule has 144 valence electrons. The zero-order chi connectivity index (χ0) is 17.8. The Bertz CT molecular complexity index is 490. The summed E-state index contributed by atoms with van der Waals surface area (Å²) < 4.78 is 0. The average Bonchev–Trinajstić information content (AvgIpc) is 2.97. The fraction of sp³-hybridized carbons (Fsp3) is 1.00. The van der Waals surface area contributed by atoms with E-state index in [0.29, 0.717) is 16.9 Å². The van der Waals surface area contributed by atoms with Gasteiger partial charge in [-0.3, -0.25) is 11.3 Å². The highest BCUT2D eigenvalue weighted by Gasteiger charge is 2.60. The number of nitrogens with one attached hydrogen (secondary N) is 1. The summed E-state index contributed by atoms with van der Waals surface area (Å²) in [5.41, 5.74) is 4.35. The number of hydrogen-bond acceptors (Lipinski definition) is 2. The van der Waals surface area contributed by atoms with Crippen molar-refractivity contribution in [3.8, 4) is 0 Å². The molecule has 4 rings (SSSR count). The van der Waals surface area contributed by atoms with Gasteiger partial charge in [-0.1, -0.05) is 34.1 Å². The molecule has 25 heavy (non-hydrogen) atoms. The van der Waals surface area contributed by atoms with Gasteiger partial charge in [0.15, 0.2) is 0 Å². The van der Waals surface area contributed by atoms with Crippen LogP contribution in [-0.4, -0.2) is 6.04 Å². The van der Waals surface area contributed by atoms with E-state index >= 15 is 0 Å². The Balaban J connectivity index is 1.56. The van der Waals surface area contributed by atoms with Crippen molar-refractivity contribution in [1.82, 2.24) is 5.43 Å². The first-order valence-electron chi connectivity index (χ1n) is 11.4. The lowest BCUT2D eigenvalue weighted by atomic mass is 9.44. The smallest absolute Gasteiger partial charge is 0.0213 e. The molecule has 4 aliphatic rings. The summed E-state index contributed by atoms with van der Waals surface area (Å²) in [5, 5.41) is 0. The summed E-state index contributed by atoms with van der Waals surface area (Å²) in [6.07, 6.45) is 14.4. The Morgan fingerprint density at radius 1 is 0.960 bits per heavy atom. The van der Waals surface area contributed by atoms with E-state index in [1.807, 2.05) is 0 Å². The van der Waals surface area contributed by atoms with Crippen LogP contribution in [0.3, 0.4) is 0 Å². The van der Waals surface area contributed by atoms with Gasteiger partial charge in [0.1, 0.15) is 0 Å². The summed E-state index contributed by atoms with van der Waals surface area (Å²) in [6, 6.07) is 0.574. The molecule has 7 unspecified atom stereocenters. The van der Waals surface area contributed by atoms with Gasteiger partial charge in [0.25, 0.3) is 0 Å². The lowest BCUT2D eigenvalue weighted by Gasteiger charge is -2.61. The summed E-state index contributed by atoms with van der Waals surface area (Å²) in [7, 11) is 0. The third-order valence-corrected chi connectivity index (χ3v) is 10.3. The first kappa shape index (κ1) is 18.3. The molecule has 0 radical (unpaired) electrons. The maximum Gasteiger partial charge on any atom is 0.0213 e. The van der Waals surface area contributed by atoms with Crippen molar-refractivity contribution in [1.29, 1.82) is 0 Å². The zero-order valence-corrected chi connectivity index (χ0v) is 17.2. The minimum absolute atomic E-state index is 0.574. The van der Waals surface area contributed by atoms with Crippen molar-refractivity contribution in [3.63, 3.8) is 0 Å². The summed E-state index contributed by atoms with van der Waals surface area (Å²) in [5.74, 6) is 11.7. The number of hydrazine groups is 1. The van der Waals surface area contributed by atoms with Crippen LogP contribution in [0.25, 0.3) is 0 Å². The van der Waals surface area contributed by atoms with Gasteiger partial charge in [-0.2, -0.15) is 0 Å². The molecule has 0 aliphatic heterocycles. The van der Waals surface area contributed by atoms with Gasteiger partial charge < -0.3 is 0 Å². The molecular formula is C23H42N2. The van der Waals surface area contributed by atoms with Crippen LogP contribution < -0.4 is 11.3 Å². The molecule has 0 aromatic heterocycles. The fourth-order valence-electron chi connectivity index (χ4n) is 8.67. The standard InChI is InChI=1S/C23H42N2/c1-5-15(2)19-8-9-20-18-7-6-16-14-17(25-24)10-12-22(16,3)21(18)11-13-23(19,20)4/h15-21,25H,5-14,24H2,1-4H3/t15-,16?,17?,18?,19?,20?,21?,22?,23+/m0/s1. The molecule has 3 N–H and O–H groups in total. The Kier molecular flexibility index (Phi) is 4.77. The highest BCUT2D eigenvalue weighted by atomic mass is 15.2. The van der Waals surface area contributed by atoms with Crippen molar-refractivity contribution in [3.05, 3.63) is 0 Å². The maximum absolute atomic E-state index is 5.79. The minimum Gasteiger partial charge on any atom is -0.271 e. The molecule has 0 saturated heterocycles. The summed E-state index contributed by atoms with van der Waals surface area (Å²) in [6.45, 7) is 10.3. The Morgan fingerprint density at radius 3 is 2.40 bits per heavy atom. The first-order chi connectivity index (χ1) is 11.9. The minimum atomic E-state index is 0.574. The van der Waals surface area contributed by atoms with Crippen LogP contribution in [0.1, 0.15) is 91.9 Å². The van der Waals surface area contributed by atoms with Crippen molar-refractivity contribution < 1.29 is 0 Å². The van der Waals surface area contributed by atoms with Crippen LogP contribution in [0.2, 0.25) is 0 Å². The number of nitrogens with two attached hydrogens (primary N) is 1. The van der Waals surface area contributed by atoms with Crippen LogP contribution in [0.4, 0.5) is 0 Å². The second kappa shape index (κ2) is 6.51. The predicted molar refractivity (Wildman–Crippen MR) is 106 cm³/mol. The molecule has 4 aliphatic carbocycles. The van der Waals surface area contributed by atoms with E-state index in [2.05, 4.69) is 33.1 Å². The topological polar surface area (TPSA) is 38.0 Å². The number of hydrogen-bond donors (Lipinski definition) is 2. The van der Waals surface area contributed by atoms with Crippen molar-refractivity contribution >= 4 is 0 Å². The van der Waals surface area contributed by atoms with Gasteiger partial charge in [0, 0.05) is 6.04 Å². The Morgan fingerprint density at radius 2 is 1.68 bits per heavy atom. The Hall–Kier alpha value is -0.0800. The van der Waals surface area contributed by atoms with Gasteiger partial charge in [-0.15, -0.1) is 0 Å². The second-order valence-electron chi connectivity index (χ2n) is 10.9. The van der Waals surface area contributed by atoms with E-state index in [1.165, 1.54) is 64.2 Å². The van der Waals surface area contributed by atoms with Crippen molar-refractivity contribution in [2.24, 2.45) is 52.2 Å². The molecule has 9 atom stereocenters. The van der Waals surface area contributed by atoms with Crippen LogP contribution in [0.5, 0.6) is 0 Å². The van der Waals surface area contributed by atoms with Crippen LogP contribution >= 0.6 is 0 Å². The monoisotopic (exact) mass is 346 g/mol. The molecular weight excluding hydrogens is 304 g/mol. The van der Waals surface area contributed by atoms with Crippen molar-refractivity contribution in [2.45, 2.75) is 97.9 Å². The fourth-order valence-corrected chi connectivity index (χ4v) is 8.67.